The van der Waals surface area contributed by atoms with Crippen LogP contribution in [-0.2, 0) is 11.4 Å². The van der Waals surface area contributed by atoms with E-state index >= 15 is 0 Å². The van der Waals surface area contributed by atoms with E-state index in [0.717, 1.165) is 5.56 Å². The molecule has 0 heterocycles. The van der Waals surface area contributed by atoms with Gasteiger partial charge < -0.3 is 10.1 Å². The van der Waals surface area contributed by atoms with E-state index in [9.17, 15) is 14.4 Å². The minimum atomic E-state index is -0.559. The van der Waals surface area contributed by atoms with Gasteiger partial charge in [0.15, 0.2) is 0 Å². The van der Waals surface area contributed by atoms with Crippen LogP contribution in [0.5, 0.6) is 5.75 Å². The van der Waals surface area contributed by atoms with Crippen molar-refractivity contribution in [2.45, 2.75) is 13.5 Å². The molecule has 0 aromatic heterocycles. The van der Waals surface area contributed by atoms with E-state index in [2.05, 4.69) is 36.5 Å². The van der Waals surface area contributed by atoms with Crippen molar-refractivity contribution in [3.05, 3.63) is 113 Å². The molecule has 4 aromatic rings. The maximum atomic E-state index is 13.0. The molecule has 0 aliphatic rings. The number of fused-ring (bicyclic) bond motifs is 1. The third kappa shape index (κ3) is 5.25. The smallest absolute Gasteiger partial charge is 0.266 e. The van der Waals surface area contributed by atoms with Crippen LogP contribution in [0.2, 0.25) is 0 Å². The van der Waals surface area contributed by atoms with Gasteiger partial charge in [0.25, 0.3) is 5.91 Å². The van der Waals surface area contributed by atoms with Crippen LogP contribution in [0.4, 0.5) is 10.1 Å². The number of halogens is 1. The maximum Gasteiger partial charge on any atom is 0.266 e. The number of hydrogen-bond donors (Lipinski definition) is 1. The fraction of sp³-hybridized carbons (Fsp3) is 0.0714. The summed E-state index contributed by atoms with van der Waals surface area (Å²) in [6, 6.07) is 26.9. The molecule has 4 rings (SSSR count). The average Bonchev–Trinajstić information content (AvgIpc) is 2.84. The lowest BCUT2D eigenvalue weighted by molar-refractivity contribution is -0.112. The Morgan fingerprint density at radius 3 is 2.45 bits per heavy atom. The maximum absolute atomic E-state index is 13.0. The zero-order chi connectivity index (χ0) is 23.2. The number of aryl methyl sites for hydroxylation is 1. The number of benzene rings is 4. The van der Waals surface area contributed by atoms with E-state index in [-0.39, 0.29) is 5.57 Å². The number of nitrogens with zero attached hydrogens (tertiary/aromatic N) is 1. The molecular formula is C28H21FN2O2. The molecule has 0 fully saturated rings. The zero-order valence-electron chi connectivity index (χ0n) is 18.0. The molecule has 162 valence electrons. The molecule has 0 aliphatic heterocycles. The molecular weight excluding hydrogens is 415 g/mol. The molecule has 0 aliphatic carbocycles. The summed E-state index contributed by atoms with van der Waals surface area (Å²) in [4.78, 5) is 12.4. The second-order valence-electron chi connectivity index (χ2n) is 7.57. The van der Waals surface area contributed by atoms with Gasteiger partial charge >= 0.3 is 0 Å². The first-order chi connectivity index (χ1) is 16.0. The van der Waals surface area contributed by atoms with Crippen LogP contribution >= 0.6 is 0 Å². The Kier molecular flexibility index (Phi) is 6.47. The summed E-state index contributed by atoms with van der Waals surface area (Å²) in [7, 11) is 0. The number of anilines is 1. The Morgan fingerprint density at radius 1 is 1.00 bits per heavy atom. The van der Waals surface area contributed by atoms with Crippen molar-refractivity contribution in [3.63, 3.8) is 0 Å². The van der Waals surface area contributed by atoms with Crippen LogP contribution in [0.1, 0.15) is 16.7 Å². The number of carbonyl (C=O) groups excluding carboxylic acids is 1. The van der Waals surface area contributed by atoms with E-state index in [1.54, 1.807) is 24.3 Å². The molecule has 33 heavy (non-hydrogen) atoms. The Labute approximate surface area is 191 Å². The average molecular weight is 436 g/mol. The van der Waals surface area contributed by atoms with Gasteiger partial charge in [-0.15, -0.1) is 0 Å². The normalized spacial score (nSPS) is 11.1. The number of amides is 1. The first-order valence-corrected chi connectivity index (χ1v) is 10.4. The van der Waals surface area contributed by atoms with Gasteiger partial charge in [0.1, 0.15) is 29.8 Å². The van der Waals surface area contributed by atoms with Crippen LogP contribution < -0.4 is 10.1 Å². The van der Waals surface area contributed by atoms with Crippen molar-refractivity contribution < 1.29 is 13.9 Å². The number of hydrogen-bond acceptors (Lipinski definition) is 3. The molecule has 1 N–H and O–H groups in total. The van der Waals surface area contributed by atoms with Gasteiger partial charge in [-0.05, 0) is 71.3 Å². The lowest BCUT2D eigenvalue weighted by atomic mass is 10.0. The number of nitrogens with one attached hydrogen (secondary N) is 1. The van der Waals surface area contributed by atoms with Crippen LogP contribution in [-0.4, -0.2) is 5.91 Å². The zero-order valence-corrected chi connectivity index (χ0v) is 18.0. The molecule has 0 atom stereocenters. The SMILES string of the molecule is Cc1ccc2ccccc2c1COc1ccc(/C=C(\C#N)C(=O)Nc2ccc(F)cc2)cc1. The summed E-state index contributed by atoms with van der Waals surface area (Å²) in [5.74, 6) is -0.272. The number of nitriles is 1. The molecule has 1 amide bonds. The van der Waals surface area contributed by atoms with E-state index in [4.69, 9.17) is 4.74 Å². The monoisotopic (exact) mass is 436 g/mol. The third-order valence-corrected chi connectivity index (χ3v) is 5.32. The van der Waals surface area contributed by atoms with Gasteiger partial charge in [0, 0.05) is 11.3 Å². The van der Waals surface area contributed by atoms with Gasteiger partial charge in [-0.1, -0.05) is 48.5 Å². The van der Waals surface area contributed by atoms with E-state index < -0.39 is 11.7 Å². The van der Waals surface area contributed by atoms with E-state index in [1.807, 2.05) is 18.2 Å². The Morgan fingerprint density at radius 2 is 1.73 bits per heavy atom. The second kappa shape index (κ2) is 9.80. The topological polar surface area (TPSA) is 62.1 Å². The minimum Gasteiger partial charge on any atom is -0.489 e. The summed E-state index contributed by atoms with van der Waals surface area (Å²) in [5.41, 5.74) is 3.35. The predicted molar refractivity (Wildman–Crippen MR) is 128 cm³/mol. The van der Waals surface area contributed by atoms with Crippen LogP contribution in [0.15, 0.2) is 90.5 Å². The Hall–Kier alpha value is -4.43. The van der Waals surface area contributed by atoms with Crippen LogP contribution in [0, 0.1) is 24.1 Å². The number of rotatable bonds is 6. The van der Waals surface area contributed by atoms with Gasteiger partial charge in [-0.2, -0.15) is 5.26 Å². The summed E-state index contributed by atoms with van der Waals surface area (Å²) >= 11 is 0. The van der Waals surface area contributed by atoms with E-state index in [1.165, 1.54) is 46.7 Å². The highest BCUT2D eigenvalue weighted by Crippen LogP contribution is 2.24. The Bertz CT molecular complexity index is 1370. The number of carbonyl (C=O) groups is 1. The van der Waals surface area contributed by atoms with Crippen molar-refractivity contribution in [1.29, 1.82) is 5.26 Å². The van der Waals surface area contributed by atoms with Gasteiger partial charge in [-0.25, -0.2) is 4.39 Å². The Balaban J connectivity index is 1.45. The van der Waals surface area contributed by atoms with Crippen molar-refractivity contribution in [1.82, 2.24) is 0 Å². The van der Waals surface area contributed by atoms with Crippen molar-refractivity contribution >= 4 is 28.4 Å². The molecule has 4 nitrogen and oxygen atoms in total. The second-order valence-corrected chi connectivity index (χ2v) is 7.57. The van der Waals surface area contributed by atoms with Crippen LogP contribution in [0.25, 0.3) is 16.8 Å². The molecule has 4 aromatic carbocycles. The number of ether oxygens (including phenoxy) is 1. The molecule has 5 heteroatoms. The fourth-order valence-electron chi connectivity index (χ4n) is 3.50. The highest BCUT2D eigenvalue weighted by Gasteiger charge is 2.10. The molecule has 0 saturated heterocycles. The lowest BCUT2D eigenvalue weighted by Gasteiger charge is -2.12. The lowest BCUT2D eigenvalue weighted by Crippen LogP contribution is -2.13. The largest absolute Gasteiger partial charge is 0.489 e. The molecule has 0 bridgehead atoms. The summed E-state index contributed by atoms with van der Waals surface area (Å²) in [6.45, 7) is 2.51. The van der Waals surface area contributed by atoms with Crippen LogP contribution in [0.3, 0.4) is 0 Å². The van der Waals surface area contributed by atoms with Crippen molar-refractivity contribution in [2.75, 3.05) is 5.32 Å². The van der Waals surface area contributed by atoms with Gasteiger partial charge in [-0.3, -0.25) is 4.79 Å². The standard InChI is InChI=1S/C28H21FN2O2/c1-19-6-9-21-4-2-3-5-26(21)27(19)18-33-25-14-7-20(8-15-25)16-22(17-30)28(32)31-24-12-10-23(29)11-13-24/h2-16H,18H2,1H3,(H,31,32)/b22-16+. The third-order valence-electron chi connectivity index (χ3n) is 5.32. The van der Waals surface area contributed by atoms with E-state index in [0.29, 0.717) is 23.6 Å². The highest BCUT2D eigenvalue weighted by atomic mass is 19.1. The summed E-state index contributed by atoms with van der Waals surface area (Å²) in [5, 5.41) is 14.3. The molecule has 0 radical (unpaired) electrons. The minimum absolute atomic E-state index is 0.0561. The molecule has 0 saturated carbocycles. The van der Waals surface area contributed by atoms with Gasteiger partial charge in [0.05, 0.1) is 0 Å². The summed E-state index contributed by atoms with van der Waals surface area (Å²) < 4.78 is 19.0. The van der Waals surface area contributed by atoms with Gasteiger partial charge in [0.2, 0.25) is 0 Å². The first-order valence-electron chi connectivity index (χ1n) is 10.4. The van der Waals surface area contributed by atoms with Crippen molar-refractivity contribution in [3.8, 4) is 11.8 Å². The quantitative estimate of drug-likeness (QED) is 0.281. The van der Waals surface area contributed by atoms with Crippen molar-refractivity contribution in [2.24, 2.45) is 0 Å². The highest BCUT2D eigenvalue weighted by molar-refractivity contribution is 6.09. The fourth-order valence-corrected chi connectivity index (χ4v) is 3.50. The predicted octanol–water partition coefficient (Wildman–Crippen LogP) is 6.41. The molecule has 0 spiro atoms. The summed E-state index contributed by atoms with van der Waals surface area (Å²) in [6.07, 6.45) is 1.50. The molecule has 0 unspecified atom stereocenters. The first kappa shape index (κ1) is 21.8.